The molecule has 0 radical (unpaired) electrons. The first kappa shape index (κ1) is 29.5. The van der Waals surface area contributed by atoms with Crippen LogP contribution in [0.2, 0.25) is 0 Å². The molecule has 0 spiro atoms. The molecule has 1 aliphatic rings. The maximum Gasteiger partial charge on any atom is 0.459 e. The predicted molar refractivity (Wildman–Crippen MR) is 135 cm³/mol. The number of aliphatic hydroxyl groups is 1. The number of esters is 1. The van der Waals surface area contributed by atoms with Gasteiger partial charge in [0.2, 0.25) is 5.67 Å². The first-order valence-corrected chi connectivity index (χ1v) is 13.6. The Morgan fingerprint density at radius 3 is 2.57 bits per heavy atom. The fourth-order valence-corrected chi connectivity index (χ4v) is 5.49. The Hall–Kier alpha value is -2.06. The zero-order valence-electron chi connectivity index (χ0n) is 20.2. The van der Waals surface area contributed by atoms with Gasteiger partial charge in [0.25, 0.3) is 0 Å². The maximum atomic E-state index is 15.6. The summed E-state index contributed by atoms with van der Waals surface area (Å²) in [7, 11) is -4.34. The molecule has 2 aromatic rings. The first-order chi connectivity index (χ1) is 17.4. The molecule has 204 valence electrons. The number of halogens is 2. The highest BCUT2D eigenvalue weighted by atomic mass is 32.1. The number of hydrogen-bond donors (Lipinski definition) is 3. The van der Waals surface area contributed by atoms with E-state index >= 15 is 4.39 Å². The highest BCUT2D eigenvalue weighted by Crippen LogP contribution is 2.48. The normalized spacial score (nSPS) is 26.0. The zero-order valence-corrected chi connectivity index (χ0v) is 22.7. The minimum atomic E-state index is -4.34. The number of nitrogens with zero attached hydrogens (tertiary/aromatic N) is 1. The first-order valence-electron chi connectivity index (χ1n) is 11.3. The van der Waals surface area contributed by atoms with Crippen molar-refractivity contribution in [1.82, 2.24) is 14.6 Å². The van der Waals surface area contributed by atoms with E-state index in [9.17, 15) is 18.9 Å². The number of carbonyl (C=O) groups is 1. The number of alkyl halides is 2. The van der Waals surface area contributed by atoms with Crippen molar-refractivity contribution in [3.8, 4) is 5.75 Å². The van der Waals surface area contributed by atoms with E-state index in [0.717, 1.165) is 4.57 Å². The number of ether oxygens (including phenoxy) is 2. The number of aromatic nitrogens is 2. The van der Waals surface area contributed by atoms with E-state index in [2.05, 4.69) is 10.1 Å². The molecular weight excluding hydrogens is 551 g/mol. The van der Waals surface area contributed by atoms with Gasteiger partial charge >= 0.3 is 13.7 Å². The van der Waals surface area contributed by atoms with Gasteiger partial charge < -0.3 is 24.1 Å². The monoisotopic (exact) mass is 579 g/mol. The van der Waals surface area contributed by atoms with Crippen molar-refractivity contribution in [2.45, 2.75) is 57.0 Å². The van der Waals surface area contributed by atoms with Crippen LogP contribution in [0.5, 0.6) is 5.75 Å². The van der Waals surface area contributed by atoms with E-state index in [4.69, 9.17) is 43.0 Å². The molecule has 1 saturated heterocycles. The number of benzene rings is 1. The summed E-state index contributed by atoms with van der Waals surface area (Å²) in [5.41, 5.74) is -2.91. The quantitative estimate of drug-likeness (QED) is 0.201. The van der Waals surface area contributed by atoms with Crippen LogP contribution < -0.4 is 9.61 Å². The summed E-state index contributed by atoms with van der Waals surface area (Å²) < 4.78 is 66.1. The van der Waals surface area contributed by atoms with Gasteiger partial charge in [0.1, 0.15) is 35.3 Å². The summed E-state index contributed by atoms with van der Waals surface area (Å²) in [5.74, 6) is -0.577. The Bertz CT molecular complexity index is 1250. The molecule has 37 heavy (non-hydrogen) atoms. The van der Waals surface area contributed by atoms with Crippen molar-refractivity contribution in [1.29, 1.82) is 0 Å². The van der Waals surface area contributed by atoms with E-state index in [0.29, 0.717) is 0 Å². The van der Waals surface area contributed by atoms with Crippen molar-refractivity contribution in [2.75, 3.05) is 13.3 Å². The maximum absolute atomic E-state index is 15.6. The number of H-pyrrole nitrogens is 1. The average molecular weight is 580 g/mol. The minimum Gasteiger partial charge on any atom is -0.462 e. The van der Waals surface area contributed by atoms with Gasteiger partial charge in [-0.3, -0.25) is 13.9 Å². The van der Waals surface area contributed by atoms with E-state index in [-0.39, 0.29) is 15.2 Å². The Labute approximate surface area is 222 Å². The van der Waals surface area contributed by atoms with Crippen LogP contribution in [0, 0.1) is 9.41 Å². The SMILES string of the molecule is CC(C)OC(=O)[C@H](C)NP(=O)(OC[C@H]1O[C@@H](n2ccc(=S)[nH]c2=S)[C@@](F)(CF)C1O)Oc1ccccc1. The lowest BCUT2D eigenvalue weighted by molar-refractivity contribution is -0.149. The summed E-state index contributed by atoms with van der Waals surface area (Å²) >= 11 is 10.1. The van der Waals surface area contributed by atoms with Crippen molar-refractivity contribution < 1.29 is 41.8 Å². The van der Waals surface area contributed by atoms with Crippen LogP contribution in [0.4, 0.5) is 8.78 Å². The lowest BCUT2D eigenvalue weighted by atomic mass is 9.97. The third-order valence-electron chi connectivity index (χ3n) is 5.30. The molecule has 3 rings (SSSR count). The number of para-hydroxylation sites is 1. The summed E-state index contributed by atoms with van der Waals surface area (Å²) in [6, 6.07) is 8.22. The number of hydrogen-bond acceptors (Lipinski definition) is 9. The van der Waals surface area contributed by atoms with Crippen LogP contribution in [0.15, 0.2) is 42.6 Å². The topological polar surface area (TPSA) is 124 Å². The molecule has 15 heteroatoms. The molecule has 1 aromatic heterocycles. The van der Waals surface area contributed by atoms with Crippen LogP contribution >= 0.6 is 32.2 Å². The number of nitrogens with one attached hydrogen (secondary N) is 2. The second-order valence-electron chi connectivity index (χ2n) is 8.58. The number of rotatable bonds is 11. The standard InChI is InChI=1S/C22H28F2N3O7PS2/c1-13(2)32-19(29)14(3)26-35(30,34-15-7-5-4-6-8-15)31-11-16-18(28)22(24,12-23)20(33-16)27-10-9-17(36)25-21(27)37/h4-10,13-14,16,18,20,28H,11-12H2,1-3H3,(H,26,30)(H,25,36,37)/t14-,16+,18?,20+,22+,35?/m0/s1. The molecule has 1 fully saturated rings. The summed E-state index contributed by atoms with van der Waals surface area (Å²) in [4.78, 5) is 14.9. The van der Waals surface area contributed by atoms with Gasteiger partial charge in [0, 0.05) is 6.20 Å². The van der Waals surface area contributed by atoms with Gasteiger partial charge in [-0.25, -0.2) is 13.3 Å². The van der Waals surface area contributed by atoms with E-state index in [1.807, 2.05) is 0 Å². The molecule has 0 bridgehead atoms. The number of carbonyl (C=O) groups excluding carboxylic acids is 1. The van der Waals surface area contributed by atoms with Crippen molar-refractivity contribution in [2.24, 2.45) is 0 Å². The molecule has 2 unspecified atom stereocenters. The Balaban J connectivity index is 1.83. The van der Waals surface area contributed by atoms with Gasteiger partial charge in [0.05, 0.1) is 12.7 Å². The van der Waals surface area contributed by atoms with Gasteiger partial charge in [-0.15, -0.1) is 0 Å². The fourth-order valence-electron chi connectivity index (χ4n) is 3.50. The highest BCUT2D eigenvalue weighted by Gasteiger charge is 2.59. The molecule has 0 aliphatic carbocycles. The van der Waals surface area contributed by atoms with Crippen LogP contribution in [-0.2, 0) is 23.4 Å². The minimum absolute atomic E-state index is 0.0565. The molecular formula is C22H28F2N3O7PS2. The van der Waals surface area contributed by atoms with E-state index in [1.54, 1.807) is 32.0 Å². The molecule has 1 aromatic carbocycles. The van der Waals surface area contributed by atoms with Gasteiger partial charge in [-0.05, 0) is 51.2 Å². The van der Waals surface area contributed by atoms with Crippen LogP contribution in [0.25, 0.3) is 0 Å². The van der Waals surface area contributed by atoms with Gasteiger partial charge in [0.15, 0.2) is 11.0 Å². The van der Waals surface area contributed by atoms with Gasteiger partial charge in [-0.2, -0.15) is 5.09 Å². The molecule has 10 nitrogen and oxygen atoms in total. The van der Waals surface area contributed by atoms with Crippen molar-refractivity contribution in [3.63, 3.8) is 0 Å². The van der Waals surface area contributed by atoms with Crippen LogP contribution in [0.1, 0.15) is 27.0 Å². The smallest absolute Gasteiger partial charge is 0.459 e. The number of aliphatic hydroxyl groups excluding tert-OH is 1. The van der Waals surface area contributed by atoms with Gasteiger partial charge in [-0.1, -0.05) is 30.4 Å². The fraction of sp³-hybridized carbons (Fsp3) is 0.500. The van der Waals surface area contributed by atoms with E-state index < -0.39 is 63.2 Å². The van der Waals surface area contributed by atoms with E-state index in [1.165, 1.54) is 31.3 Å². The summed E-state index contributed by atoms with van der Waals surface area (Å²) in [6.45, 7) is 2.39. The number of aromatic amines is 1. The summed E-state index contributed by atoms with van der Waals surface area (Å²) in [5, 5.41) is 13.1. The molecule has 3 N–H and O–H groups in total. The molecule has 6 atom stereocenters. The largest absolute Gasteiger partial charge is 0.462 e. The Kier molecular flexibility index (Phi) is 9.73. The van der Waals surface area contributed by atoms with Crippen molar-refractivity contribution >= 4 is 38.2 Å². The third-order valence-corrected chi connectivity index (χ3v) is 7.50. The lowest BCUT2D eigenvalue weighted by Crippen LogP contribution is -2.45. The molecule has 0 saturated carbocycles. The highest BCUT2D eigenvalue weighted by molar-refractivity contribution is 7.72. The van der Waals surface area contributed by atoms with Crippen LogP contribution in [0.3, 0.4) is 0 Å². The lowest BCUT2D eigenvalue weighted by Gasteiger charge is -2.27. The summed E-state index contributed by atoms with van der Waals surface area (Å²) in [6.07, 6.45) is -4.31. The third kappa shape index (κ3) is 7.08. The molecule has 0 amide bonds. The Morgan fingerprint density at radius 2 is 1.97 bits per heavy atom. The molecule has 1 aliphatic heterocycles. The Morgan fingerprint density at radius 1 is 1.30 bits per heavy atom. The predicted octanol–water partition coefficient (Wildman–Crippen LogP) is 4.34. The van der Waals surface area contributed by atoms with Crippen LogP contribution in [-0.4, -0.2) is 63.9 Å². The molecule has 2 heterocycles. The second-order valence-corrected chi connectivity index (χ2v) is 11.1. The zero-order chi connectivity index (χ0) is 27.4. The average Bonchev–Trinajstić information content (AvgIpc) is 3.08. The second kappa shape index (κ2) is 12.2. The van der Waals surface area contributed by atoms with Crippen molar-refractivity contribution in [3.05, 3.63) is 52.0 Å².